The Kier molecular flexibility index (Phi) is 7.74. The lowest BCUT2D eigenvalue weighted by Gasteiger charge is -2.26. The van der Waals surface area contributed by atoms with Crippen LogP contribution in [0.4, 0.5) is 9.59 Å². The Hall–Kier alpha value is -2.65. The van der Waals surface area contributed by atoms with E-state index in [0.717, 1.165) is 4.90 Å². The predicted octanol–water partition coefficient (Wildman–Crippen LogP) is 0.640. The minimum atomic E-state index is -1.28. The summed E-state index contributed by atoms with van der Waals surface area (Å²) in [4.78, 5) is 60.8. The third-order valence-corrected chi connectivity index (χ3v) is 4.26. The SMILES string of the molecule is CCCC1(CCC)NC(=O)N(CC(=O)O[C@@H](C(=O)NC(N)=O)C(C)C)C1=O. The van der Waals surface area contributed by atoms with Gasteiger partial charge in [-0.05, 0) is 18.8 Å². The van der Waals surface area contributed by atoms with Gasteiger partial charge in [-0.25, -0.2) is 9.59 Å². The molecule has 0 aromatic carbocycles. The van der Waals surface area contributed by atoms with Crippen molar-refractivity contribution in [2.75, 3.05) is 6.54 Å². The van der Waals surface area contributed by atoms with Gasteiger partial charge in [0.05, 0.1) is 0 Å². The van der Waals surface area contributed by atoms with Crippen molar-refractivity contribution in [1.29, 1.82) is 0 Å². The number of amides is 6. The topological polar surface area (TPSA) is 148 Å². The van der Waals surface area contributed by atoms with Crippen molar-refractivity contribution < 1.29 is 28.7 Å². The summed E-state index contributed by atoms with van der Waals surface area (Å²) >= 11 is 0. The van der Waals surface area contributed by atoms with Crippen molar-refractivity contribution in [3.8, 4) is 0 Å². The summed E-state index contributed by atoms with van der Waals surface area (Å²) < 4.78 is 5.09. The van der Waals surface area contributed by atoms with Crippen molar-refractivity contribution in [2.24, 2.45) is 11.7 Å². The standard InChI is InChI=1S/C17H28N4O6/c1-5-7-17(8-6-2)14(24)21(16(26)20-17)9-11(22)27-12(10(3)4)13(23)19-15(18)25/h10,12H,5-9H2,1-4H3,(H,20,26)(H3,18,19,23,25)/t12-/m1/s1. The Morgan fingerprint density at radius 1 is 1.19 bits per heavy atom. The number of rotatable bonds is 9. The molecule has 1 heterocycles. The molecule has 152 valence electrons. The number of primary amides is 1. The highest BCUT2D eigenvalue weighted by molar-refractivity contribution is 6.08. The fourth-order valence-electron chi connectivity index (χ4n) is 3.13. The van der Waals surface area contributed by atoms with E-state index in [9.17, 15) is 24.0 Å². The quantitative estimate of drug-likeness (QED) is 0.392. The smallest absolute Gasteiger partial charge is 0.327 e. The van der Waals surface area contributed by atoms with E-state index in [0.29, 0.717) is 25.7 Å². The molecule has 10 nitrogen and oxygen atoms in total. The Labute approximate surface area is 158 Å². The number of hydrogen-bond donors (Lipinski definition) is 3. The number of nitrogens with zero attached hydrogens (tertiary/aromatic N) is 1. The van der Waals surface area contributed by atoms with E-state index < -0.39 is 54.0 Å². The summed E-state index contributed by atoms with van der Waals surface area (Å²) in [5, 5.41) is 4.54. The van der Waals surface area contributed by atoms with Crippen molar-refractivity contribution in [3.63, 3.8) is 0 Å². The van der Waals surface area contributed by atoms with Crippen molar-refractivity contribution in [1.82, 2.24) is 15.5 Å². The van der Waals surface area contributed by atoms with Gasteiger partial charge in [0.15, 0.2) is 6.10 Å². The zero-order valence-corrected chi connectivity index (χ0v) is 16.2. The van der Waals surface area contributed by atoms with Gasteiger partial charge in [-0.15, -0.1) is 0 Å². The molecule has 1 rings (SSSR count). The van der Waals surface area contributed by atoms with E-state index in [1.165, 1.54) is 0 Å². The van der Waals surface area contributed by atoms with E-state index in [-0.39, 0.29) is 0 Å². The molecule has 1 aliphatic rings. The largest absolute Gasteiger partial charge is 0.451 e. The number of urea groups is 2. The second-order valence-electron chi connectivity index (χ2n) is 6.91. The van der Waals surface area contributed by atoms with Gasteiger partial charge in [0, 0.05) is 0 Å². The lowest BCUT2D eigenvalue weighted by Crippen LogP contribution is -2.48. The molecule has 0 radical (unpaired) electrons. The minimum absolute atomic E-state index is 0.448. The third-order valence-electron chi connectivity index (χ3n) is 4.26. The monoisotopic (exact) mass is 384 g/mol. The van der Waals surface area contributed by atoms with Crippen LogP contribution in [0.15, 0.2) is 0 Å². The Morgan fingerprint density at radius 3 is 2.19 bits per heavy atom. The van der Waals surface area contributed by atoms with Crippen LogP contribution in [0.5, 0.6) is 0 Å². The van der Waals surface area contributed by atoms with Crippen LogP contribution in [0.2, 0.25) is 0 Å². The molecule has 0 bridgehead atoms. The molecule has 0 aromatic rings. The summed E-state index contributed by atoms with van der Waals surface area (Å²) in [6.07, 6.45) is 1.03. The number of ether oxygens (including phenoxy) is 1. The molecule has 0 unspecified atom stereocenters. The van der Waals surface area contributed by atoms with E-state index in [1.807, 2.05) is 19.2 Å². The maximum Gasteiger partial charge on any atom is 0.327 e. The predicted molar refractivity (Wildman–Crippen MR) is 95.2 cm³/mol. The number of carbonyl (C=O) groups excluding carboxylic acids is 5. The highest BCUT2D eigenvalue weighted by Gasteiger charge is 2.50. The Bertz CT molecular complexity index is 613. The van der Waals surface area contributed by atoms with Gasteiger partial charge >= 0.3 is 18.0 Å². The first-order valence-corrected chi connectivity index (χ1v) is 9.01. The van der Waals surface area contributed by atoms with Crippen LogP contribution in [-0.4, -0.2) is 52.9 Å². The first kappa shape index (κ1) is 22.4. The first-order chi connectivity index (χ1) is 12.6. The van der Waals surface area contributed by atoms with Crippen LogP contribution in [0.3, 0.4) is 0 Å². The van der Waals surface area contributed by atoms with E-state index >= 15 is 0 Å². The molecular weight excluding hydrogens is 356 g/mol. The fraction of sp³-hybridized carbons (Fsp3) is 0.706. The van der Waals surface area contributed by atoms with E-state index in [2.05, 4.69) is 5.32 Å². The average molecular weight is 384 g/mol. The second kappa shape index (κ2) is 9.33. The van der Waals surface area contributed by atoms with Crippen LogP contribution in [0, 0.1) is 5.92 Å². The zero-order valence-electron chi connectivity index (χ0n) is 16.2. The van der Waals surface area contributed by atoms with Crippen LogP contribution in [0.1, 0.15) is 53.4 Å². The number of esters is 1. The molecule has 27 heavy (non-hydrogen) atoms. The Balaban J connectivity index is 2.85. The van der Waals surface area contributed by atoms with Crippen molar-refractivity contribution >= 4 is 29.8 Å². The van der Waals surface area contributed by atoms with E-state index in [4.69, 9.17) is 10.5 Å². The Morgan fingerprint density at radius 2 is 1.74 bits per heavy atom. The lowest BCUT2D eigenvalue weighted by atomic mass is 9.88. The summed E-state index contributed by atoms with van der Waals surface area (Å²) in [5.41, 5.74) is 3.89. The summed E-state index contributed by atoms with van der Waals surface area (Å²) in [7, 11) is 0. The highest BCUT2D eigenvalue weighted by atomic mass is 16.5. The maximum absolute atomic E-state index is 12.7. The maximum atomic E-state index is 12.7. The van der Waals surface area contributed by atoms with Gasteiger partial charge in [-0.2, -0.15) is 0 Å². The summed E-state index contributed by atoms with van der Waals surface area (Å²) in [6.45, 7) is 6.41. The molecule has 0 aliphatic carbocycles. The lowest BCUT2D eigenvalue weighted by molar-refractivity contribution is -0.159. The molecular formula is C17H28N4O6. The third kappa shape index (κ3) is 5.41. The molecule has 1 fully saturated rings. The minimum Gasteiger partial charge on any atom is -0.451 e. The van der Waals surface area contributed by atoms with Crippen LogP contribution in [-0.2, 0) is 19.1 Å². The number of nitrogens with two attached hydrogens (primary N) is 1. The molecule has 10 heteroatoms. The number of carbonyl (C=O) groups is 5. The second-order valence-corrected chi connectivity index (χ2v) is 6.91. The van der Waals surface area contributed by atoms with Gasteiger partial charge in [0.25, 0.3) is 11.8 Å². The zero-order chi connectivity index (χ0) is 20.8. The van der Waals surface area contributed by atoms with Gasteiger partial charge in [-0.3, -0.25) is 24.6 Å². The van der Waals surface area contributed by atoms with Gasteiger partial charge in [0.1, 0.15) is 12.1 Å². The average Bonchev–Trinajstić information content (AvgIpc) is 2.76. The molecule has 1 saturated heterocycles. The summed E-state index contributed by atoms with van der Waals surface area (Å²) in [6, 6.07) is -1.73. The van der Waals surface area contributed by atoms with Crippen LogP contribution >= 0.6 is 0 Å². The molecule has 0 aromatic heterocycles. The van der Waals surface area contributed by atoms with Crippen LogP contribution < -0.4 is 16.4 Å². The molecule has 4 N–H and O–H groups in total. The van der Waals surface area contributed by atoms with Crippen LogP contribution in [0.25, 0.3) is 0 Å². The fourth-order valence-corrected chi connectivity index (χ4v) is 3.13. The first-order valence-electron chi connectivity index (χ1n) is 9.01. The number of hydrogen-bond acceptors (Lipinski definition) is 6. The van der Waals surface area contributed by atoms with Gasteiger partial charge < -0.3 is 15.8 Å². The molecule has 0 spiro atoms. The van der Waals surface area contributed by atoms with Crippen molar-refractivity contribution in [3.05, 3.63) is 0 Å². The number of imide groups is 2. The van der Waals surface area contributed by atoms with Gasteiger partial charge in [0.2, 0.25) is 0 Å². The molecule has 0 saturated carbocycles. The normalized spacial score (nSPS) is 16.9. The molecule has 1 aliphatic heterocycles. The number of nitrogens with one attached hydrogen (secondary N) is 2. The molecule has 1 atom stereocenters. The summed E-state index contributed by atoms with van der Waals surface area (Å²) in [5.74, 6) is -2.72. The van der Waals surface area contributed by atoms with Crippen molar-refractivity contribution in [2.45, 2.75) is 65.0 Å². The molecule has 6 amide bonds. The highest BCUT2D eigenvalue weighted by Crippen LogP contribution is 2.28. The van der Waals surface area contributed by atoms with E-state index in [1.54, 1.807) is 13.8 Å². The van der Waals surface area contributed by atoms with Gasteiger partial charge in [-0.1, -0.05) is 40.5 Å².